The Morgan fingerprint density at radius 1 is 1.43 bits per heavy atom. The second-order valence-electron chi connectivity index (χ2n) is 2.99. The SMILES string of the molecule is CCC(NC(=S)NN)c1ccccc1. The highest BCUT2D eigenvalue weighted by molar-refractivity contribution is 7.80. The predicted octanol–water partition coefficient (Wildman–Crippen LogP) is 1.48. The largest absolute Gasteiger partial charge is 0.355 e. The number of thiocarbonyl (C=S) groups is 1. The van der Waals surface area contributed by atoms with E-state index in [-0.39, 0.29) is 6.04 Å². The number of rotatable bonds is 3. The number of nitrogens with two attached hydrogens (primary N) is 1. The summed E-state index contributed by atoms with van der Waals surface area (Å²) in [6, 6.07) is 10.4. The third-order valence-electron chi connectivity index (χ3n) is 2.05. The van der Waals surface area contributed by atoms with Crippen LogP contribution in [-0.2, 0) is 0 Å². The highest BCUT2D eigenvalue weighted by atomic mass is 32.1. The number of hydrogen-bond acceptors (Lipinski definition) is 2. The maximum Gasteiger partial charge on any atom is 0.181 e. The highest BCUT2D eigenvalue weighted by Gasteiger charge is 2.08. The Kier molecular flexibility index (Phi) is 4.35. The lowest BCUT2D eigenvalue weighted by molar-refractivity contribution is 0.618. The van der Waals surface area contributed by atoms with E-state index in [1.807, 2.05) is 18.2 Å². The fourth-order valence-electron chi connectivity index (χ4n) is 1.31. The molecule has 4 N–H and O–H groups in total. The molecule has 0 saturated heterocycles. The van der Waals surface area contributed by atoms with Crippen molar-refractivity contribution in [2.24, 2.45) is 5.84 Å². The van der Waals surface area contributed by atoms with E-state index in [4.69, 9.17) is 18.1 Å². The molecule has 0 spiro atoms. The van der Waals surface area contributed by atoms with Crippen molar-refractivity contribution in [2.75, 3.05) is 0 Å². The number of hydrogen-bond donors (Lipinski definition) is 3. The van der Waals surface area contributed by atoms with Crippen LogP contribution in [0, 0.1) is 0 Å². The second kappa shape index (κ2) is 5.57. The molecule has 0 radical (unpaired) electrons. The Morgan fingerprint density at radius 3 is 2.57 bits per heavy atom. The van der Waals surface area contributed by atoms with Crippen LogP contribution in [-0.4, -0.2) is 5.11 Å². The zero-order chi connectivity index (χ0) is 10.4. The lowest BCUT2D eigenvalue weighted by Gasteiger charge is -2.18. The molecule has 0 fully saturated rings. The van der Waals surface area contributed by atoms with Crippen LogP contribution >= 0.6 is 12.2 Å². The van der Waals surface area contributed by atoms with Gasteiger partial charge in [-0.15, -0.1) is 0 Å². The van der Waals surface area contributed by atoms with Crippen molar-refractivity contribution in [1.82, 2.24) is 10.7 Å². The Morgan fingerprint density at radius 2 is 2.07 bits per heavy atom. The van der Waals surface area contributed by atoms with Crippen molar-refractivity contribution in [1.29, 1.82) is 0 Å². The van der Waals surface area contributed by atoms with Gasteiger partial charge in [-0.1, -0.05) is 37.3 Å². The molecule has 14 heavy (non-hydrogen) atoms. The fraction of sp³-hybridized carbons (Fsp3) is 0.300. The molecule has 0 aliphatic rings. The van der Waals surface area contributed by atoms with Crippen LogP contribution in [0.15, 0.2) is 30.3 Å². The number of nitrogens with one attached hydrogen (secondary N) is 2. The van der Waals surface area contributed by atoms with Crippen LogP contribution in [0.5, 0.6) is 0 Å². The maximum absolute atomic E-state index is 5.20. The molecule has 0 aliphatic carbocycles. The Hall–Kier alpha value is -1.13. The first-order valence-corrected chi connectivity index (χ1v) is 5.00. The molecule has 1 unspecified atom stereocenters. The normalized spacial score (nSPS) is 11.9. The van der Waals surface area contributed by atoms with E-state index in [2.05, 4.69) is 29.8 Å². The Bertz CT molecular complexity index is 287. The van der Waals surface area contributed by atoms with Gasteiger partial charge in [0.15, 0.2) is 5.11 Å². The van der Waals surface area contributed by atoms with Gasteiger partial charge in [0.05, 0.1) is 6.04 Å². The molecule has 0 aliphatic heterocycles. The van der Waals surface area contributed by atoms with E-state index in [1.165, 1.54) is 5.56 Å². The van der Waals surface area contributed by atoms with Gasteiger partial charge < -0.3 is 10.7 Å². The molecule has 1 aromatic carbocycles. The van der Waals surface area contributed by atoms with Crippen molar-refractivity contribution >= 4 is 17.3 Å². The lowest BCUT2D eigenvalue weighted by Crippen LogP contribution is -2.41. The van der Waals surface area contributed by atoms with E-state index in [1.54, 1.807) is 0 Å². The average molecular weight is 209 g/mol. The average Bonchev–Trinajstić information content (AvgIpc) is 2.26. The van der Waals surface area contributed by atoms with Gasteiger partial charge in [-0.05, 0) is 24.2 Å². The molecular weight excluding hydrogens is 194 g/mol. The topological polar surface area (TPSA) is 50.1 Å². The summed E-state index contributed by atoms with van der Waals surface area (Å²) < 4.78 is 0. The molecule has 0 aromatic heterocycles. The summed E-state index contributed by atoms with van der Waals surface area (Å²) in [5, 5.41) is 3.60. The summed E-state index contributed by atoms with van der Waals surface area (Å²) in [7, 11) is 0. The van der Waals surface area contributed by atoms with Crippen LogP contribution in [0.1, 0.15) is 24.9 Å². The summed E-state index contributed by atoms with van der Waals surface area (Å²) in [5.41, 5.74) is 3.64. The third-order valence-corrected chi connectivity index (χ3v) is 2.28. The maximum atomic E-state index is 5.20. The fourth-order valence-corrected chi connectivity index (χ4v) is 1.45. The zero-order valence-electron chi connectivity index (χ0n) is 8.16. The molecule has 4 heteroatoms. The van der Waals surface area contributed by atoms with Crippen molar-refractivity contribution < 1.29 is 0 Å². The monoisotopic (exact) mass is 209 g/mol. The van der Waals surface area contributed by atoms with Gasteiger partial charge in [0.1, 0.15) is 0 Å². The van der Waals surface area contributed by atoms with Gasteiger partial charge in [0.25, 0.3) is 0 Å². The summed E-state index contributed by atoms with van der Waals surface area (Å²) in [6.45, 7) is 2.10. The molecule has 76 valence electrons. The van der Waals surface area contributed by atoms with Gasteiger partial charge in [-0.3, -0.25) is 0 Å². The van der Waals surface area contributed by atoms with Gasteiger partial charge in [0.2, 0.25) is 0 Å². The minimum absolute atomic E-state index is 0.222. The van der Waals surface area contributed by atoms with Crippen LogP contribution in [0.25, 0.3) is 0 Å². The molecule has 0 bridgehead atoms. The van der Waals surface area contributed by atoms with E-state index < -0.39 is 0 Å². The Balaban J connectivity index is 2.68. The number of benzene rings is 1. The van der Waals surface area contributed by atoms with Gasteiger partial charge in [-0.2, -0.15) is 0 Å². The first-order chi connectivity index (χ1) is 6.77. The molecule has 0 amide bonds. The smallest absolute Gasteiger partial charge is 0.181 e. The van der Waals surface area contributed by atoms with Crippen molar-refractivity contribution in [3.05, 3.63) is 35.9 Å². The molecule has 1 rings (SSSR count). The summed E-state index contributed by atoms with van der Waals surface area (Å²) in [4.78, 5) is 0. The van der Waals surface area contributed by atoms with Crippen LogP contribution in [0.2, 0.25) is 0 Å². The minimum Gasteiger partial charge on any atom is -0.355 e. The molecule has 1 atom stereocenters. The minimum atomic E-state index is 0.222. The Labute approximate surface area is 89.7 Å². The molecular formula is C10H15N3S. The molecule has 1 aromatic rings. The van der Waals surface area contributed by atoms with Crippen LogP contribution in [0.3, 0.4) is 0 Å². The zero-order valence-corrected chi connectivity index (χ0v) is 8.97. The van der Waals surface area contributed by atoms with E-state index in [9.17, 15) is 0 Å². The first-order valence-electron chi connectivity index (χ1n) is 4.60. The summed E-state index contributed by atoms with van der Waals surface area (Å²) >= 11 is 4.95. The van der Waals surface area contributed by atoms with Crippen LogP contribution in [0.4, 0.5) is 0 Å². The predicted molar refractivity (Wildman–Crippen MR) is 62.5 cm³/mol. The first kappa shape index (κ1) is 10.9. The van der Waals surface area contributed by atoms with Crippen molar-refractivity contribution in [3.8, 4) is 0 Å². The van der Waals surface area contributed by atoms with Crippen molar-refractivity contribution in [2.45, 2.75) is 19.4 Å². The molecule has 0 heterocycles. The van der Waals surface area contributed by atoms with E-state index in [0.29, 0.717) is 5.11 Å². The number of hydrazine groups is 1. The summed E-state index contributed by atoms with van der Waals surface area (Å²) in [5.74, 6) is 5.20. The quantitative estimate of drug-likeness (QED) is 0.401. The molecule has 3 nitrogen and oxygen atoms in total. The van der Waals surface area contributed by atoms with E-state index in [0.717, 1.165) is 6.42 Å². The van der Waals surface area contributed by atoms with Crippen molar-refractivity contribution in [3.63, 3.8) is 0 Å². The highest BCUT2D eigenvalue weighted by Crippen LogP contribution is 2.15. The van der Waals surface area contributed by atoms with Gasteiger partial charge in [-0.25, -0.2) is 5.84 Å². The standard InChI is InChI=1S/C10H15N3S/c1-2-9(12-10(14)13-11)8-6-4-3-5-7-8/h3-7,9H,2,11H2,1H3,(H2,12,13,14). The lowest BCUT2D eigenvalue weighted by atomic mass is 10.1. The van der Waals surface area contributed by atoms with Crippen LogP contribution < -0.4 is 16.6 Å². The second-order valence-corrected chi connectivity index (χ2v) is 3.40. The van der Waals surface area contributed by atoms with Gasteiger partial charge >= 0.3 is 0 Å². The van der Waals surface area contributed by atoms with E-state index >= 15 is 0 Å². The third kappa shape index (κ3) is 2.97. The van der Waals surface area contributed by atoms with Gasteiger partial charge in [0, 0.05) is 0 Å². The molecule has 0 saturated carbocycles. The summed E-state index contributed by atoms with van der Waals surface area (Å²) in [6.07, 6.45) is 0.964.